The average molecular weight is 1400 g/mol. The van der Waals surface area contributed by atoms with Gasteiger partial charge in [0, 0.05) is 132 Å². The molecule has 14 heteroatoms. The highest BCUT2D eigenvalue weighted by Gasteiger charge is 2.10. The van der Waals surface area contributed by atoms with Crippen LogP contribution in [-0.4, -0.2) is 69.8 Å². The molecule has 0 aromatic carbocycles. The number of nitrogens with zero attached hydrogens (tertiary/aromatic N) is 14. The predicted molar refractivity (Wildman–Crippen MR) is 437 cm³/mol. The van der Waals surface area contributed by atoms with Gasteiger partial charge in [0.1, 0.15) is 23.3 Å². The summed E-state index contributed by atoms with van der Waals surface area (Å²) in [6.07, 6.45) is 30.2. The fourth-order valence-electron chi connectivity index (χ4n) is 9.39. The summed E-state index contributed by atoms with van der Waals surface area (Å²) in [6.45, 7) is 66.2. The highest BCUT2D eigenvalue weighted by molar-refractivity contribution is 5.29. The minimum atomic E-state index is 0.428. The number of rotatable bonds is 18. The Morgan fingerprint density at radius 2 is 0.757 bits per heavy atom. The fraction of sp³-hybridized carbons (Fsp3) is 0.551. The topological polar surface area (TPSA) is 180 Å². The van der Waals surface area contributed by atoms with Gasteiger partial charge in [-0.1, -0.05) is 199 Å². The first-order chi connectivity index (χ1) is 48.8. The van der Waals surface area contributed by atoms with Crippen molar-refractivity contribution in [2.24, 2.45) is 0 Å². The quantitative estimate of drug-likeness (QED) is 0.0791. The lowest BCUT2D eigenvalue weighted by molar-refractivity contribution is 0.742. The molecular weight excluding hydrogens is 1270 g/mol. The van der Waals surface area contributed by atoms with Gasteiger partial charge in [-0.25, -0.2) is 39.9 Å². The van der Waals surface area contributed by atoms with Crippen molar-refractivity contribution in [3.05, 3.63) is 235 Å². The molecule has 0 spiro atoms. The first-order valence-electron chi connectivity index (χ1n) is 38.7. The van der Waals surface area contributed by atoms with Gasteiger partial charge in [0.25, 0.3) is 0 Å². The second kappa shape index (κ2) is 51.2. The maximum atomic E-state index is 4.49. The van der Waals surface area contributed by atoms with Crippen molar-refractivity contribution in [3.8, 4) is 0 Å². The molecule has 0 aliphatic rings. The largest absolute Gasteiger partial charge is 0.261 e. The summed E-state index contributed by atoms with van der Waals surface area (Å²) >= 11 is 0. The lowest BCUT2D eigenvalue weighted by Gasteiger charge is -2.09. The van der Waals surface area contributed by atoms with Gasteiger partial charge in [-0.2, -0.15) is 0 Å². The maximum absolute atomic E-state index is 4.49. The van der Waals surface area contributed by atoms with Crippen molar-refractivity contribution >= 4 is 0 Å². The van der Waals surface area contributed by atoms with Crippen molar-refractivity contribution in [2.45, 2.75) is 326 Å². The van der Waals surface area contributed by atoms with Crippen molar-refractivity contribution in [1.82, 2.24) is 69.8 Å². The van der Waals surface area contributed by atoms with E-state index in [1.54, 1.807) is 0 Å². The van der Waals surface area contributed by atoms with Crippen LogP contribution >= 0.6 is 0 Å². The van der Waals surface area contributed by atoms with Crippen LogP contribution in [0.5, 0.6) is 0 Å². The second-order valence-corrected chi connectivity index (χ2v) is 28.9. The fourth-order valence-corrected chi connectivity index (χ4v) is 9.39. The zero-order chi connectivity index (χ0) is 77.9. The summed E-state index contributed by atoms with van der Waals surface area (Å²) in [5, 5.41) is 0. The molecular formula is C89H138N14. The monoisotopic (exact) mass is 1400 g/mol. The van der Waals surface area contributed by atoms with E-state index in [9.17, 15) is 0 Å². The Kier molecular flexibility index (Phi) is 46.2. The van der Waals surface area contributed by atoms with Crippen LogP contribution in [0.2, 0.25) is 0 Å². The van der Waals surface area contributed by atoms with E-state index < -0.39 is 0 Å². The maximum Gasteiger partial charge on any atom is 0.131 e. The molecule has 9 heterocycles. The Morgan fingerprint density at radius 1 is 0.272 bits per heavy atom. The molecule has 0 fully saturated rings. The molecule has 9 rings (SSSR count). The van der Waals surface area contributed by atoms with Crippen LogP contribution in [0.25, 0.3) is 0 Å². The SMILES string of the molecule is CCc1cc(C(C)C)ncc1C.CCc1cc(CC)nc(C(C)C)n1.CCc1ccnc(C(C)C)n1.CCc1cnc(C(C)C)cc1C.CCc1cnc(C(C)C)cn1.CCc1cnc(C(C)C)nc1.CCc1cnc(C)c(C(C)C)c1.CCc1ncc(C(C)C)cn1.Cc1ccc(C(C)C)nc1. The molecule has 9 aromatic rings. The van der Waals surface area contributed by atoms with E-state index >= 15 is 0 Å². The molecule has 0 atom stereocenters. The number of aromatic nitrogens is 14. The van der Waals surface area contributed by atoms with Gasteiger partial charge in [-0.3, -0.25) is 29.9 Å². The summed E-state index contributed by atoms with van der Waals surface area (Å²) in [6, 6.07) is 14.9. The second-order valence-electron chi connectivity index (χ2n) is 28.9. The van der Waals surface area contributed by atoms with Crippen LogP contribution in [-0.2, 0) is 57.8 Å². The van der Waals surface area contributed by atoms with Crippen molar-refractivity contribution < 1.29 is 0 Å². The van der Waals surface area contributed by atoms with Crippen molar-refractivity contribution in [2.75, 3.05) is 0 Å². The van der Waals surface area contributed by atoms with Crippen LogP contribution in [0.15, 0.2) is 111 Å². The number of hydrogen-bond donors (Lipinski definition) is 0. The van der Waals surface area contributed by atoms with Gasteiger partial charge in [0.2, 0.25) is 0 Å². The highest BCUT2D eigenvalue weighted by atomic mass is 14.9. The standard InChI is InChI=1S/C11H18N2.3C11H17N.4C9H14N2.C9H13N/c1-5-9-7-10(6-2)13-11(12-9)8(3)4;1-5-10-6-11(8(2)3)9(4)12-7-10;1-5-10-6-11(8(2)3)12-7-9(10)4;1-5-10-7-12-11(8(2)3)6-9(10)4;1-4-9-10-5-8(6-11-9)7(2)3;1-4-8-5-11-9(6-10-8)7(2)3;1-4-8-5-10-9(7(2)3)11-6-8;1-4-8-5-6-10-9(11-8)7(2)3;1-7(2)9-5-4-8(3)6-10-9/h7-8H,5-6H2,1-4H3;3*6-8H,5H2,1-4H3;4*5-7H,4H2,1-3H3;4-7H,1-3H3. The third-order valence-corrected chi connectivity index (χ3v) is 16.9. The predicted octanol–water partition coefficient (Wildman–Crippen LogP) is 23.1. The first kappa shape index (κ1) is 93.0. The molecule has 0 amide bonds. The van der Waals surface area contributed by atoms with E-state index in [4.69, 9.17) is 0 Å². The van der Waals surface area contributed by atoms with Gasteiger partial charge in [-0.15, -0.1) is 0 Å². The van der Waals surface area contributed by atoms with E-state index in [-0.39, 0.29) is 0 Å². The molecule has 0 N–H and O–H groups in total. The molecule has 0 bridgehead atoms. The summed E-state index contributed by atoms with van der Waals surface area (Å²) in [5.74, 6) is 8.29. The van der Waals surface area contributed by atoms with Crippen LogP contribution in [0.3, 0.4) is 0 Å². The summed E-state index contributed by atoms with van der Waals surface area (Å²) in [4.78, 5) is 60.4. The van der Waals surface area contributed by atoms with Crippen LogP contribution in [0.4, 0.5) is 0 Å². The van der Waals surface area contributed by atoms with Gasteiger partial charge in [-0.05, 0) is 195 Å². The van der Waals surface area contributed by atoms with Crippen LogP contribution < -0.4 is 0 Å². The van der Waals surface area contributed by atoms with Crippen LogP contribution in [0.1, 0.15) is 365 Å². The molecule has 0 saturated heterocycles. The van der Waals surface area contributed by atoms with E-state index in [0.717, 1.165) is 110 Å². The molecule has 0 unspecified atom stereocenters. The molecule has 14 nitrogen and oxygen atoms in total. The van der Waals surface area contributed by atoms with Gasteiger partial charge in [0.15, 0.2) is 0 Å². The Bertz CT molecular complexity index is 3540. The molecule has 0 aliphatic heterocycles. The van der Waals surface area contributed by atoms with E-state index in [1.165, 1.54) is 72.8 Å². The Labute approximate surface area is 627 Å². The molecule has 9 aromatic heterocycles. The minimum Gasteiger partial charge on any atom is -0.261 e. The lowest BCUT2D eigenvalue weighted by atomic mass is 10.00. The molecule has 564 valence electrons. The average Bonchev–Trinajstić information content (AvgIpc) is 0.885. The summed E-state index contributed by atoms with van der Waals surface area (Å²) in [5.41, 5.74) is 22.2. The molecule has 0 aliphatic carbocycles. The Balaban J connectivity index is 0.000000580. The van der Waals surface area contributed by atoms with Gasteiger partial charge in [0.05, 0.1) is 11.4 Å². The molecule has 103 heavy (non-hydrogen) atoms. The normalized spacial score (nSPS) is 10.6. The highest BCUT2D eigenvalue weighted by Crippen LogP contribution is 2.21. The smallest absolute Gasteiger partial charge is 0.131 e. The van der Waals surface area contributed by atoms with E-state index in [2.05, 4.69) is 321 Å². The zero-order valence-electron chi connectivity index (χ0n) is 70.2. The third-order valence-electron chi connectivity index (χ3n) is 16.9. The number of aryl methyl sites for hydroxylation is 13. The summed E-state index contributed by atoms with van der Waals surface area (Å²) < 4.78 is 0. The van der Waals surface area contributed by atoms with Gasteiger partial charge < -0.3 is 0 Å². The number of pyridine rings is 4. The minimum absolute atomic E-state index is 0.428. The summed E-state index contributed by atoms with van der Waals surface area (Å²) in [7, 11) is 0. The molecule has 0 radical (unpaired) electrons. The van der Waals surface area contributed by atoms with Crippen LogP contribution in [0, 0.1) is 27.7 Å². The van der Waals surface area contributed by atoms with E-state index in [0.29, 0.717) is 53.3 Å². The number of hydrogen-bond acceptors (Lipinski definition) is 14. The lowest BCUT2D eigenvalue weighted by Crippen LogP contribution is -2.03. The molecule has 0 saturated carbocycles. The van der Waals surface area contributed by atoms with E-state index in [1.807, 2.05) is 74.2 Å². The van der Waals surface area contributed by atoms with Crippen molar-refractivity contribution in [3.63, 3.8) is 0 Å². The Morgan fingerprint density at radius 3 is 1.17 bits per heavy atom. The first-order valence-corrected chi connectivity index (χ1v) is 38.7. The Hall–Kier alpha value is -8.00. The van der Waals surface area contributed by atoms with Gasteiger partial charge >= 0.3 is 0 Å². The zero-order valence-corrected chi connectivity index (χ0v) is 70.2. The van der Waals surface area contributed by atoms with Crippen molar-refractivity contribution in [1.29, 1.82) is 0 Å². The third kappa shape index (κ3) is 36.8.